The number of hydrogen-bond acceptors (Lipinski definition) is 4. The number of nitrogens with one attached hydrogen (secondary N) is 1. The molecule has 3 nitrogen and oxygen atoms in total. The summed E-state index contributed by atoms with van der Waals surface area (Å²) in [6.45, 7) is 6.39. The molecule has 0 amide bonds. The number of piperazine rings is 1. The monoisotopic (exact) mass is 315 g/mol. The summed E-state index contributed by atoms with van der Waals surface area (Å²) >= 11 is 1.14. The predicted molar refractivity (Wildman–Crippen MR) is 71.8 cm³/mol. The summed E-state index contributed by atoms with van der Waals surface area (Å²) in [5.41, 5.74) is -0.712. The molecule has 0 radical (unpaired) electrons. The summed E-state index contributed by atoms with van der Waals surface area (Å²) in [4.78, 5) is 6.02. The average molecular weight is 316 g/mol. The van der Waals surface area contributed by atoms with Gasteiger partial charge >= 0.3 is 6.18 Å². The summed E-state index contributed by atoms with van der Waals surface area (Å²) in [5.74, 6) is 0. The van der Waals surface area contributed by atoms with Gasteiger partial charge in [-0.3, -0.25) is 4.90 Å². The zero-order chi connectivity index (χ0) is 13.3. The summed E-state index contributed by atoms with van der Waals surface area (Å²) in [7, 11) is 0. The molecule has 1 aliphatic rings. The molecule has 1 N–H and O–H groups in total. The van der Waals surface area contributed by atoms with E-state index in [0.29, 0.717) is 16.4 Å². The Labute approximate surface area is 120 Å². The number of aryl methyl sites for hydroxylation is 1. The molecule has 1 saturated heterocycles. The van der Waals surface area contributed by atoms with Crippen LogP contribution in [0.1, 0.15) is 22.5 Å². The first-order valence-corrected chi connectivity index (χ1v) is 6.68. The lowest BCUT2D eigenvalue weighted by molar-refractivity contribution is -0.141. The van der Waals surface area contributed by atoms with Gasteiger partial charge in [0.25, 0.3) is 0 Å². The number of nitrogens with zero attached hydrogens (tertiary/aromatic N) is 2. The molecular formula is C11H17ClF3N3S. The Kier molecular flexibility index (Phi) is 5.61. The van der Waals surface area contributed by atoms with Gasteiger partial charge in [0.2, 0.25) is 0 Å². The SMILES string of the molecule is Cc1nc(C(F)(F)F)c(CN2CCNC[C@@H]2C)s1.Cl. The van der Waals surface area contributed by atoms with Crippen molar-refractivity contribution in [3.8, 4) is 0 Å². The van der Waals surface area contributed by atoms with Crippen molar-refractivity contribution in [1.82, 2.24) is 15.2 Å². The molecule has 2 heterocycles. The zero-order valence-electron chi connectivity index (χ0n) is 10.8. The van der Waals surface area contributed by atoms with E-state index in [1.165, 1.54) is 0 Å². The van der Waals surface area contributed by atoms with Gasteiger partial charge in [-0.25, -0.2) is 4.98 Å². The maximum absolute atomic E-state index is 12.8. The Morgan fingerprint density at radius 2 is 2.16 bits per heavy atom. The Bertz CT molecular complexity index is 422. The molecule has 0 spiro atoms. The summed E-state index contributed by atoms with van der Waals surface area (Å²) in [6, 6.07) is 0.252. The molecule has 8 heteroatoms. The third-order valence-corrected chi connectivity index (χ3v) is 4.01. The number of rotatable bonds is 2. The van der Waals surface area contributed by atoms with Gasteiger partial charge in [-0.2, -0.15) is 13.2 Å². The maximum Gasteiger partial charge on any atom is 0.434 e. The van der Waals surface area contributed by atoms with E-state index in [9.17, 15) is 13.2 Å². The van der Waals surface area contributed by atoms with Gasteiger partial charge in [-0.1, -0.05) is 0 Å². The Morgan fingerprint density at radius 3 is 2.74 bits per heavy atom. The average Bonchev–Trinajstić information content (AvgIpc) is 2.63. The molecule has 0 aromatic carbocycles. The second-order valence-electron chi connectivity index (χ2n) is 4.53. The van der Waals surface area contributed by atoms with Crippen molar-refractivity contribution >= 4 is 23.7 Å². The van der Waals surface area contributed by atoms with Crippen molar-refractivity contribution in [1.29, 1.82) is 0 Å². The molecule has 0 saturated carbocycles. The zero-order valence-corrected chi connectivity index (χ0v) is 12.4. The van der Waals surface area contributed by atoms with E-state index < -0.39 is 11.9 Å². The second kappa shape index (κ2) is 6.39. The van der Waals surface area contributed by atoms with Gasteiger partial charge in [0.05, 0.1) is 9.88 Å². The minimum atomic E-state index is -4.35. The number of hydrogen-bond donors (Lipinski definition) is 1. The van der Waals surface area contributed by atoms with E-state index in [4.69, 9.17) is 0 Å². The van der Waals surface area contributed by atoms with Crippen LogP contribution in [0.25, 0.3) is 0 Å². The van der Waals surface area contributed by atoms with Crippen molar-refractivity contribution in [3.63, 3.8) is 0 Å². The van der Waals surface area contributed by atoms with Crippen molar-refractivity contribution < 1.29 is 13.2 Å². The van der Waals surface area contributed by atoms with Crippen LogP contribution < -0.4 is 5.32 Å². The lowest BCUT2D eigenvalue weighted by atomic mass is 10.2. The standard InChI is InChI=1S/C11H16F3N3S.ClH/c1-7-5-15-3-4-17(7)6-9-10(11(12,13)14)16-8(2)18-9;/h7,15H,3-6H2,1-2H3;1H/t7-;/m0./s1. The topological polar surface area (TPSA) is 28.2 Å². The number of halogens is 4. The smallest absolute Gasteiger partial charge is 0.314 e. The lowest BCUT2D eigenvalue weighted by Crippen LogP contribution is -2.49. The van der Waals surface area contributed by atoms with Crippen molar-refractivity contribution in [3.05, 3.63) is 15.6 Å². The third kappa shape index (κ3) is 4.05. The maximum atomic E-state index is 12.8. The van der Waals surface area contributed by atoms with Crippen LogP contribution in [-0.4, -0.2) is 35.6 Å². The predicted octanol–water partition coefficient (Wildman–Crippen LogP) is 2.69. The minimum Gasteiger partial charge on any atom is -0.314 e. The highest BCUT2D eigenvalue weighted by atomic mass is 35.5. The van der Waals surface area contributed by atoms with Gasteiger partial charge in [-0.15, -0.1) is 23.7 Å². The highest BCUT2D eigenvalue weighted by molar-refractivity contribution is 7.11. The number of alkyl halides is 3. The molecule has 1 aromatic heterocycles. The molecule has 1 fully saturated rings. The van der Waals surface area contributed by atoms with Crippen LogP contribution in [0.5, 0.6) is 0 Å². The van der Waals surface area contributed by atoms with Crippen molar-refractivity contribution in [2.24, 2.45) is 0 Å². The first-order chi connectivity index (χ1) is 8.38. The van der Waals surface area contributed by atoms with Gasteiger partial charge in [0.15, 0.2) is 5.69 Å². The molecular weight excluding hydrogens is 299 g/mol. The first-order valence-electron chi connectivity index (χ1n) is 5.86. The molecule has 110 valence electrons. The van der Waals surface area contributed by atoms with E-state index in [2.05, 4.69) is 15.2 Å². The van der Waals surface area contributed by atoms with Crippen LogP contribution in [-0.2, 0) is 12.7 Å². The molecule has 0 aliphatic carbocycles. The summed E-state index contributed by atoms with van der Waals surface area (Å²) in [6.07, 6.45) is -4.35. The van der Waals surface area contributed by atoms with E-state index >= 15 is 0 Å². The van der Waals surface area contributed by atoms with Gasteiger partial charge in [0.1, 0.15) is 0 Å². The van der Waals surface area contributed by atoms with E-state index in [0.717, 1.165) is 31.0 Å². The molecule has 2 rings (SSSR count). The quantitative estimate of drug-likeness (QED) is 0.909. The Hall–Kier alpha value is -0.370. The molecule has 1 aromatic rings. The molecule has 19 heavy (non-hydrogen) atoms. The highest BCUT2D eigenvalue weighted by Crippen LogP contribution is 2.35. The second-order valence-corrected chi connectivity index (χ2v) is 5.81. The normalized spacial score (nSPS) is 21.2. The lowest BCUT2D eigenvalue weighted by Gasteiger charge is -2.33. The molecule has 0 bridgehead atoms. The minimum absolute atomic E-state index is 0. The molecule has 1 atom stereocenters. The van der Waals surface area contributed by atoms with Crippen LogP contribution in [0.3, 0.4) is 0 Å². The molecule has 1 aliphatic heterocycles. The number of aromatic nitrogens is 1. The van der Waals surface area contributed by atoms with Crippen molar-refractivity contribution in [2.75, 3.05) is 19.6 Å². The fraction of sp³-hybridized carbons (Fsp3) is 0.727. The van der Waals surface area contributed by atoms with Crippen LogP contribution in [0.4, 0.5) is 13.2 Å². The fourth-order valence-corrected chi connectivity index (χ4v) is 3.08. The van der Waals surface area contributed by atoms with Crippen molar-refractivity contribution in [2.45, 2.75) is 32.6 Å². The van der Waals surface area contributed by atoms with Gasteiger partial charge in [-0.05, 0) is 13.8 Å². The summed E-state index contributed by atoms with van der Waals surface area (Å²) in [5, 5.41) is 3.70. The molecule has 0 unspecified atom stereocenters. The van der Waals surface area contributed by atoms with Crippen LogP contribution in [0.15, 0.2) is 0 Å². The Morgan fingerprint density at radius 1 is 1.47 bits per heavy atom. The van der Waals surface area contributed by atoms with Crippen LogP contribution in [0, 0.1) is 6.92 Å². The summed E-state index contributed by atoms with van der Waals surface area (Å²) < 4.78 is 38.5. The van der Waals surface area contributed by atoms with Gasteiger partial charge in [0, 0.05) is 32.2 Å². The highest BCUT2D eigenvalue weighted by Gasteiger charge is 2.37. The van der Waals surface area contributed by atoms with Crippen LogP contribution in [0.2, 0.25) is 0 Å². The largest absolute Gasteiger partial charge is 0.434 e. The van der Waals surface area contributed by atoms with Gasteiger partial charge < -0.3 is 5.32 Å². The fourth-order valence-electron chi connectivity index (χ4n) is 2.10. The Balaban J connectivity index is 0.00000180. The van der Waals surface area contributed by atoms with E-state index in [1.807, 2.05) is 6.92 Å². The van der Waals surface area contributed by atoms with E-state index in [1.54, 1.807) is 6.92 Å². The van der Waals surface area contributed by atoms with E-state index in [-0.39, 0.29) is 18.4 Å². The number of thiazole rings is 1. The third-order valence-electron chi connectivity index (χ3n) is 3.06. The van der Waals surface area contributed by atoms with Crippen LogP contribution >= 0.6 is 23.7 Å². The first kappa shape index (κ1) is 16.7.